The molecule has 2 heterocycles. The molecule has 7 heteroatoms. The molecule has 1 atom stereocenters. The Morgan fingerprint density at radius 1 is 1.28 bits per heavy atom. The smallest absolute Gasteiger partial charge is 0.277 e. The maximum atomic E-state index is 12.1. The number of thiophene rings is 1. The third-order valence-electron chi connectivity index (χ3n) is 3.73. The summed E-state index contributed by atoms with van der Waals surface area (Å²) in [4.78, 5) is 13.1. The number of amides is 1. The molecule has 0 aliphatic heterocycles. The summed E-state index contributed by atoms with van der Waals surface area (Å²) >= 11 is 2.78. The molecular formula is C18H19N3O2S2. The molecule has 0 saturated heterocycles. The van der Waals surface area contributed by atoms with Gasteiger partial charge in [0.2, 0.25) is 5.91 Å². The van der Waals surface area contributed by atoms with Crippen molar-refractivity contribution in [1.82, 2.24) is 15.5 Å². The van der Waals surface area contributed by atoms with E-state index in [1.165, 1.54) is 28.7 Å². The number of nitrogens with zero attached hydrogens (tertiary/aromatic N) is 2. The molecule has 0 aliphatic carbocycles. The van der Waals surface area contributed by atoms with Gasteiger partial charge in [-0.15, -0.1) is 21.5 Å². The van der Waals surface area contributed by atoms with Crippen LogP contribution in [0.25, 0.3) is 10.8 Å². The monoisotopic (exact) mass is 373 g/mol. The normalized spacial score (nSPS) is 12.1. The summed E-state index contributed by atoms with van der Waals surface area (Å²) in [7, 11) is 0. The van der Waals surface area contributed by atoms with Crippen molar-refractivity contribution in [2.24, 2.45) is 0 Å². The van der Waals surface area contributed by atoms with Gasteiger partial charge in [-0.1, -0.05) is 49.0 Å². The molecule has 130 valence electrons. The minimum absolute atomic E-state index is 0.0385. The number of aryl methyl sites for hydroxylation is 1. The standard InChI is InChI=1S/C18H19N3O2S2/c1-3-13-6-8-14(9-7-13)12(2)19-16(22)11-25-18-21-20-17(23-18)15-5-4-10-24-15/h4-10,12H,3,11H2,1-2H3,(H,19,22)/t12-/m0/s1. The van der Waals surface area contributed by atoms with Gasteiger partial charge in [-0.3, -0.25) is 4.79 Å². The van der Waals surface area contributed by atoms with Crippen molar-refractivity contribution in [3.8, 4) is 10.8 Å². The zero-order valence-corrected chi connectivity index (χ0v) is 15.7. The van der Waals surface area contributed by atoms with Gasteiger partial charge < -0.3 is 9.73 Å². The molecule has 1 aromatic carbocycles. The Labute approximate surface area is 154 Å². The summed E-state index contributed by atoms with van der Waals surface area (Å²) in [5, 5.41) is 13.3. The number of nitrogens with one attached hydrogen (secondary N) is 1. The van der Waals surface area contributed by atoms with Crippen molar-refractivity contribution in [2.45, 2.75) is 31.5 Å². The summed E-state index contributed by atoms with van der Waals surface area (Å²) in [6.45, 7) is 4.10. The second kappa shape index (κ2) is 8.31. The van der Waals surface area contributed by atoms with Crippen LogP contribution in [0.3, 0.4) is 0 Å². The van der Waals surface area contributed by atoms with Gasteiger partial charge in [0.1, 0.15) is 0 Å². The molecule has 3 rings (SSSR count). The molecule has 0 spiro atoms. The Kier molecular flexibility index (Phi) is 5.88. The number of aromatic nitrogens is 2. The molecule has 1 N–H and O–H groups in total. The molecule has 0 fully saturated rings. The zero-order valence-electron chi connectivity index (χ0n) is 14.1. The number of rotatable bonds is 7. The van der Waals surface area contributed by atoms with Crippen molar-refractivity contribution >= 4 is 29.0 Å². The van der Waals surface area contributed by atoms with Crippen molar-refractivity contribution in [1.29, 1.82) is 0 Å². The van der Waals surface area contributed by atoms with Gasteiger partial charge in [0.25, 0.3) is 11.1 Å². The fourth-order valence-electron chi connectivity index (χ4n) is 2.30. The highest BCUT2D eigenvalue weighted by Crippen LogP contribution is 2.26. The first-order valence-electron chi connectivity index (χ1n) is 8.04. The quantitative estimate of drug-likeness (QED) is 0.624. The Balaban J connectivity index is 1.50. The lowest BCUT2D eigenvalue weighted by Crippen LogP contribution is -2.28. The van der Waals surface area contributed by atoms with Gasteiger partial charge >= 0.3 is 0 Å². The molecule has 0 aliphatic rings. The van der Waals surface area contributed by atoms with E-state index in [0.717, 1.165) is 16.9 Å². The van der Waals surface area contributed by atoms with E-state index in [4.69, 9.17) is 4.42 Å². The van der Waals surface area contributed by atoms with Crippen LogP contribution in [0.5, 0.6) is 0 Å². The molecule has 3 aromatic rings. The molecular weight excluding hydrogens is 354 g/mol. The van der Waals surface area contributed by atoms with E-state index in [9.17, 15) is 4.79 Å². The summed E-state index contributed by atoms with van der Waals surface area (Å²) in [5.74, 6) is 0.666. The summed E-state index contributed by atoms with van der Waals surface area (Å²) < 4.78 is 5.56. The maximum Gasteiger partial charge on any atom is 0.277 e. The Morgan fingerprint density at radius 3 is 2.76 bits per heavy atom. The Bertz CT molecular complexity index is 813. The van der Waals surface area contributed by atoms with E-state index in [1.54, 1.807) is 0 Å². The average molecular weight is 374 g/mol. The number of hydrogen-bond acceptors (Lipinski definition) is 6. The van der Waals surface area contributed by atoms with Crippen LogP contribution in [0.15, 0.2) is 51.4 Å². The second-order valence-corrected chi connectivity index (χ2v) is 7.40. The van der Waals surface area contributed by atoms with Crippen LogP contribution in [0.4, 0.5) is 0 Å². The van der Waals surface area contributed by atoms with Gasteiger partial charge in [0.05, 0.1) is 16.7 Å². The third-order valence-corrected chi connectivity index (χ3v) is 5.41. The van der Waals surface area contributed by atoms with Crippen molar-refractivity contribution in [3.63, 3.8) is 0 Å². The van der Waals surface area contributed by atoms with E-state index in [-0.39, 0.29) is 17.7 Å². The first-order valence-corrected chi connectivity index (χ1v) is 9.90. The maximum absolute atomic E-state index is 12.1. The van der Waals surface area contributed by atoms with Crippen molar-refractivity contribution in [3.05, 3.63) is 52.9 Å². The molecule has 0 saturated carbocycles. The van der Waals surface area contributed by atoms with Gasteiger partial charge in [-0.05, 0) is 35.9 Å². The molecule has 5 nitrogen and oxygen atoms in total. The fourth-order valence-corrected chi connectivity index (χ4v) is 3.52. The van der Waals surface area contributed by atoms with Crippen LogP contribution in [0.2, 0.25) is 0 Å². The van der Waals surface area contributed by atoms with Crippen LogP contribution in [0, 0.1) is 0 Å². The summed E-state index contributed by atoms with van der Waals surface area (Å²) in [6, 6.07) is 12.1. The average Bonchev–Trinajstić information content (AvgIpc) is 3.31. The van der Waals surface area contributed by atoms with Gasteiger partial charge in [-0.2, -0.15) is 0 Å². The predicted octanol–water partition coefficient (Wildman–Crippen LogP) is 4.33. The minimum atomic E-state index is -0.0621. The van der Waals surface area contributed by atoms with Crippen molar-refractivity contribution < 1.29 is 9.21 Å². The lowest BCUT2D eigenvalue weighted by molar-refractivity contribution is -0.119. The van der Waals surface area contributed by atoms with E-state index >= 15 is 0 Å². The lowest BCUT2D eigenvalue weighted by atomic mass is 10.1. The highest BCUT2D eigenvalue weighted by Gasteiger charge is 2.14. The predicted molar refractivity (Wildman–Crippen MR) is 101 cm³/mol. The van der Waals surface area contributed by atoms with Crippen LogP contribution < -0.4 is 5.32 Å². The zero-order chi connectivity index (χ0) is 17.6. The van der Waals surface area contributed by atoms with Crippen LogP contribution in [-0.4, -0.2) is 21.9 Å². The number of benzene rings is 1. The molecule has 25 heavy (non-hydrogen) atoms. The summed E-state index contributed by atoms with van der Waals surface area (Å²) in [5.41, 5.74) is 2.38. The van der Waals surface area contributed by atoms with E-state index in [2.05, 4.69) is 46.7 Å². The molecule has 1 amide bonds. The highest BCUT2D eigenvalue weighted by atomic mass is 32.2. The van der Waals surface area contributed by atoms with E-state index < -0.39 is 0 Å². The van der Waals surface area contributed by atoms with Crippen LogP contribution >= 0.6 is 23.1 Å². The van der Waals surface area contributed by atoms with Crippen LogP contribution in [0.1, 0.15) is 31.0 Å². The Hall–Kier alpha value is -2.12. The third kappa shape index (κ3) is 4.70. The number of carbonyl (C=O) groups excluding carboxylic acids is 1. The van der Waals surface area contributed by atoms with Gasteiger partial charge in [-0.25, -0.2) is 0 Å². The minimum Gasteiger partial charge on any atom is -0.410 e. The van der Waals surface area contributed by atoms with Crippen molar-refractivity contribution in [2.75, 3.05) is 5.75 Å². The first-order chi connectivity index (χ1) is 12.2. The molecule has 0 bridgehead atoms. The number of carbonyl (C=O) groups is 1. The van der Waals surface area contributed by atoms with Crippen LogP contribution in [-0.2, 0) is 11.2 Å². The van der Waals surface area contributed by atoms with Gasteiger partial charge in [0, 0.05) is 0 Å². The van der Waals surface area contributed by atoms with E-state index in [0.29, 0.717) is 11.1 Å². The SMILES string of the molecule is CCc1ccc([C@H](C)NC(=O)CSc2nnc(-c3cccs3)o2)cc1. The molecule has 2 aromatic heterocycles. The first kappa shape index (κ1) is 17.7. The largest absolute Gasteiger partial charge is 0.410 e. The van der Waals surface area contributed by atoms with E-state index in [1.807, 2.05) is 24.4 Å². The summed E-state index contributed by atoms with van der Waals surface area (Å²) in [6.07, 6.45) is 1.01. The highest BCUT2D eigenvalue weighted by molar-refractivity contribution is 7.99. The number of thioether (sulfide) groups is 1. The fraction of sp³-hybridized carbons (Fsp3) is 0.278. The van der Waals surface area contributed by atoms with Gasteiger partial charge in [0.15, 0.2) is 0 Å². The number of hydrogen-bond donors (Lipinski definition) is 1. The lowest BCUT2D eigenvalue weighted by Gasteiger charge is -2.14. The second-order valence-electron chi connectivity index (χ2n) is 5.52. The molecule has 0 unspecified atom stereocenters. The topological polar surface area (TPSA) is 68.0 Å². The molecule has 0 radical (unpaired) electrons. The Morgan fingerprint density at radius 2 is 2.08 bits per heavy atom.